The maximum Gasteiger partial charge on any atom is 0.253 e. The smallest absolute Gasteiger partial charge is 0.253 e. The van der Waals surface area contributed by atoms with Crippen LogP contribution >= 0.6 is 0 Å². The maximum atomic E-state index is 13.4. The minimum atomic E-state index is -0.190. The molecule has 0 saturated carbocycles. The van der Waals surface area contributed by atoms with Crippen LogP contribution in [0.15, 0.2) is 48.7 Å². The Morgan fingerprint density at radius 1 is 1.11 bits per heavy atom. The molecule has 2 amide bonds. The van der Waals surface area contributed by atoms with Crippen LogP contribution < -0.4 is 15.4 Å². The second-order valence-corrected chi connectivity index (χ2v) is 13.0. The predicted molar refractivity (Wildman–Crippen MR) is 178 cm³/mol. The number of fused-ring (bicyclic) bond motifs is 1. The number of nitrogens with one attached hydrogen (secondary N) is 2. The van der Waals surface area contributed by atoms with Gasteiger partial charge >= 0.3 is 0 Å². The first-order valence-electron chi connectivity index (χ1n) is 16.2. The van der Waals surface area contributed by atoms with Gasteiger partial charge in [-0.25, -0.2) is 0 Å². The molecule has 2 saturated heterocycles. The van der Waals surface area contributed by atoms with Gasteiger partial charge in [-0.1, -0.05) is 19.9 Å². The number of hydrogen-bond acceptors (Lipinski definition) is 8. The molecule has 3 aromatic rings. The molecule has 0 spiro atoms. The van der Waals surface area contributed by atoms with Crippen molar-refractivity contribution < 1.29 is 14.3 Å². The van der Waals surface area contributed by atoms with E-state index in [9.17, 15) is 9.59 Å². The lowest BCUT2D eigenvalue weighted by Gasteiger charge is -2.33. The fraction of sp³-hybridized carbons (Fsp3) is 0.529. The summed E-state index contributed by atoms with van der Waals surface area (Å²) in [6.07, 6.45) is 9.34. The van der Waals surface area contributed by atoms with Gasteiger partial charge in [0.2, 0.25) is 11.8 Å². The fourth-order valence-electron chi connectivity index (χ4n) is 5.92. The Morgan fingerprint density at radius 2 is 1.87 bits per heavy atom. The Bertz CT molecular complexity index is 1470. The van der Waals surface area contributed by atoms with Gasteiger partial charge in [0, 0.05) is 68.2 Å². The number of nitrogens with zero attached hydrogens (tertiary/aromatic N) is 6. The van der Waals surface area contributed by atoms with Gasteiger partial charge in [0.05, 0.1) is 6.20 Å². The molecule has 4 heterocycles. The average Bonchev–Trinajstić information content (AvgIpc) is 3.46. The molecule has 0 radical (unpaired) electrons. The number of aromatic nitrogens is 3. The van der Waals surface area contributed by atoms with E-state index in [4.69, 9.17) is 9.72 Å². The number of carbonyl (C=O) groups excluding carboxylic acids is 2. The first kappa shape index (κ1) is 32.4. The minimum Gasteiger partial charge on any atom is -0.474 e. The van der Waals surface area contributed by atoms with Crippen LogP contribution in [0, 0.1) is 5.92 Å². The van der Waals surface area contributed by atoms with Gasteiger partial charge < -0.3 is 30.1 Å². The summed E-state index contributed by atoms with van der Waals surface area (Å²) in [5, 5.41) is 11.1. The van der Waals surface area contributed by atoms with E-state index in [0.717, 1.165) is 62.3 Å². The van der Waals surface area contributed by atoms with E-state index in [-0.39, 0.29) is 29.8 Å². The van der Waals surface area contributed by atoms with Gasteiger partial charge in [0.25, 0.3) is 5.91 Å². The predicted octanol–water partition coefficient (Wildman–Crippen LogP) is 4.35. The molecule has 0 aliphatic carbocycles. The average molecular weight is 617 g/mol. The normalized spacial score (nSPS) is 18.3. The molecule has 45 heavy (non-hydrogen) atoms. The molecule has 1 unspecified atom stereocenters. The molecule has 2 aromatic heterocycles. The SMILES string of the molecule is CC(C)c1cnn2c(NCC3CCCN(C(=O)c4ccc(NC(=O)/C=C/CN(C)C)cc4)C3)cc(OC3CCN(C)CC3)nc12. The van der Waals surface area contributed by atoms with E-state index in [2.05, 4.69) is 41.5 Å². The summed E-state index contributed by atoms with van der Waals surface area (Å²) in [7, 11) is 6.04. The van der Waals surface area contributed by atoms with E-state index in [1.54, 1.807) is 24.3 Å². The number of likely N-dealkylation sites (tertiary alicyclic amines) is 2. The van der Waals surface area contributed by atoms with Crippen LogP contribution in [-0.2, 0) is 4.79 Å². The van der Waals surface area contributed by atoms with E-state index in [1.165, 1.54) is 6.08 Å². The third kappa shape index (κ3) is 8.61. The number of amides is 2. The van der Waals surface area contributed by atoms with Crippen LogP contribution in [0.2, 0.25) is 0 Å². The molecule has 11 heteroatoms. The van der Waals surface area contributed by atoms with Crippen molar-refractivity contribution in [3.05, 3.63) is 59.8 Å². The Kier molecular flexibility index (Phi) is 10.7. The summed E-state index contributed by atoms with van der Waals surface area (Å²) in [5.74, 6) is 1.88. The van der Waals surface area contributed by atoms with E-state index in [0.29, 0.717) is 36.8 Å². The molecular formula is C34H48N8O3. The van der Waals surface area contributed by atoms with Crippen molar-refractivity contribution in [3.8, 4) is 5.88 Å². The number of likely N-dealkylation sites (N-methyl/N-ethyl adjacent to an activating group) is 1. The van der Waals surface area contributed by atoms with E-state index < -0.39 is 0 Å². The van der Waals surface area contributed by atoms with Gasteiger partial charge in [-0.05, 0) is 82.9 Å². The lowest BCUT2D eigenvalue weighted by molar-refractivity contribution is -0.111. The second-order valence-electron chi connectivity index (χ2n) is 13.0. The van der Waals surface area contributed by atoms with Crippen molar-refractivity contribution in [1.29, 1.82) is 0 Å². The van der Waals surface area contributed by atoms with Gasteiger partial charge in [-0.15, -0.1) is 0 Å². The van der Waals surface area contributed by atoms with Crippen LogP contribution in [0.25, 0.3) is 5.65 Å². The van der Waals surface area contributed by atoms with Gasteiger partial charge in [-0.2, -0.15) is 14.6 Å². The molecule has 1 atom stereocenters. The van der Waals surface area contributed by atoms with Crippen molar-refractivity contribution in [3.63, 3.8) is 0 Å². The monoisotopic (exact) mass is 616 g/mol. The van der Waals surface area contributed by atoms with Crippen molar-refractivity contribution in [2.45, 2.75) is 51.6 Å². The number of rotatable bonds is 11. The third-order valence-corrected chi connectivity index (χ3v) is 8.57. The number of anilines is 2. The lowest BCUT2D eigenvalue weighted by Crippen LogP contribution is -2.42. The van der Waals surface area contributed by atoms with Crippen LogP contribution in [0.1, 0.15) is 61.4 Å². The van der Waals surface area contributed by atoms with Crippen molar-refractivity contribution in [1.82, 2.24) is 29.3 Å². The highest BCUT2D eigenvalue weighted by molar-refractivity contribution is 6.00. The lowest BCUT2D eigenvalue weighted by atomic mass is 9.97. The zero-order valence-corrected chi connectivity index (χ0v) is 27.3. The number of hydrogen-bond donors (Lipinski definition) is 2. The molecular weight excluding hydrogens is 568 g/mol. The van der Waals surface area contributed by atoms with Crippen LogP contribution in [0.5, 0.6) is 5.88 Å². The molecule has 11 nitrogen and oxygen atoms in total. The molecule has 2 aliphatic heterocycles. The number of carbonyl (C=O) groups is 2. The fourth-order valence-corrected chi connectivity index (χ4v) is 5.92. The van der Waals surface area contributed by atoms with Crippen LogP contribution in [-0.4, -0.2) is 108 Å². The zero-order valence-electron chi connectivity index (χ0n) is 27.3. The Labute approximate surface area is 266 Å². The highest BCUT2D eigenvalue weighted by Gasteiger charge is 2.26. The van der Waals surface area contributed by atoms with Crippen LogP contribution in [0.4, 0.5) is 11.5 Å². The highest BCUT2D eigenvalue weighted by atomic mass is 16.5. The number of ether oxygens (including phenoxy) is 1. The standard InChI is InChI=1S/C34H48N8O3/c1-24(2)29-22-36-42-30(20-32(38-33(29)42)45-28-14-18-40(5)19-15-28)35-21-25-8-6-17-41(23-25)34(44)26-10-12-27(13-11-26)37-31(43)9-7-16-39(3)4/h7,9-13,20,22,24-25,28,35H,6,8,14-19,21,23H2,1-5H3,(H,37,43)/b9-7+. The summed E-state index contributed by atoms with van der Waals surface area (Å²) < 4.78 is 8.28. The topological polar surface area (TPSA) is 107 Å². The third-order valence-electron chi connectivity index (χ3n) is 8.57. The van der Waals surface area contributed by atoms with Gasteiger partial charge in [0.1, 0.15) is 11.9 Å². The zero-order chi connectivity index (χ0) is 31.9. The Balaban J connectivity index is 1.21. The highest BCUT2D eigenvalue weighted by Crippen LogP contribution is 2.28. The summed E-state index contributed by atoms with van der Waals surface area (Å²) in [4.78, 5) is 36.7. The Morgan fingerprint density at radius 3 is 2.58 bits per heavy atom. The maximum absolute atomic E-state index is 13.4. The molecule has 2 N–H and O–H groups in total. The van der Waals surface area contributed by atoms with Gasteiger partial charge in [-0.3, -0.25) is 9.59 Å². The molecule has 0 bridgehead atoms. The van der Waals surface area contributed by atoms with Gasteiger partial charge in [0.15, 0.2) is 5.65 Å². The summed E-state index contributed by atoms with van der Waals surface area (Å²) >= 11 is 0. The largest absolute Gasteiger partial charge is 0.474 e. The van der Waals surface area contributed by atoms with E-state index >= 15 is 0 Å². The van der Waals surface area contributed by atoms with Crippen molar-refractivity contribution >= 4 is 29.0 Å². The molecule has 1 aromatic carbocycles. The first-order valence-corrected chi connectivity index (χ1v) is 16.2. The van der Waals surface area contributed by atoms with Crippen LogP contribution in [0.3, 0.4) is 0 Å². The molecule has 2 fully saturated rings. The Hall–Kier alpha value is -3.96. The number of benzene rings is 1. The second kappa shape index (κ2) is 14.9. The quantitative estimate of drug-likeness (QED) is 0.307. The number of piperidine rings is 2. The molecule has 5 rings (SSSR count). The summed E-state index contributed by atoms with van der Waals surface area (Å²) in [6, 6.07) is 9.10. The molecule has 2 aliphatic rings. The summed E-state index contributed by atoms with van der Waals surface area (Å²) in [5.41, 5.74) is 3.19. The first-order chi connectivity index (χ1) is 21.7. The summed E-state index contributed by atoms with van der Waals surface area (Å²) in [6.45, 7) is 9.15. The van der Waals surface area contributed by atoms with Crippen molar-refractivity contribution in [2.24, 2.45) is 5.92 Å². The molecule has 242 valence electrons. The van der Waals surface area contributed by atoms with Crippen molar-refractivity contribution in [2.75, 3.05) is 71.0 Å². The minimum absolute atomic E-state index is 0.0113. The van der Waals surface area contributed by atoms with E-state index in [1.807, 2.05) is 46.7 Å².